The van der Waals surface area contributed by atoms with E-state index >= 15 is 0 Å². The maximum absolute atomic E-state index is 12.5. The third kappa shape index (κ3) is 5.02. The van der Waals surface area contributed by atoms with Gasteiger partial charge < -0.3 is 10.0 Å². The molecule has 2 rings (SSSR count). The molecule has 1 saturated heterocycles. The number of hydrogen-bond acceptors (Lipinski definition) is 4. The van der Waals surface area contributed by atoms with Gasteiger partial charge in [0.1, 0.15) is 0 Å². The zero-order valence-electron chi connectivity index (χ0n) is 14.4. The highest BCUT2D eigenvalue weighted by molar-refractivity contribution is 7.89. The van der Waals surface area contributed by atoms with Crippen LogP contribution in [0.4, 0.5) is 0 Å². The quantitative estimate of drug-likeness (QED) is 0.793. The lowest BCUT2D eigenvalue weighted by Gasteiger charge is -2.30. The van der Waals surface area contributed by atoms with Gasteiger partial charge in [-0.1, -0.05) is 13.8 Å². The number of nitrogens with zero attached hydrogens (tertiary/aromatic N) is 1. The standard InChI is InChI=1S/C17H24N2O5S/c1-12(2)11-18-25(23,24)15-5-3-13(4-6-15)16(20)19-9-7-14(8-10-19)17(21)22/h3-6,12,14,18H,7-11H2,1-2H3,(H,21,22). The molecule has 1 aromatic carbocycles. The lowest BCUT2D eigenvalue weighted by Crippen LogP contribution is -2.40. The minimum atomic E-state index is -3.58. The molecular weight excluding hydrogens is 344 g/mol. The highest BCUT2D eigenvalue weighted by atomic mass is 32.2. The average Bonchev–Trinajstić information content (AvgIpc) is 2.59. The van der Waals surface area contributed by atoms with Gasteiger partial charge in [-0.15, -0.1) is 0 Å². The number of aliphatic carboxylic acids is 1. The van der Waals surface area contributed by atoms with E-state index in [-0.39, 0.29) is 16.7 Å². The predicted molar refractivity (Wildman–Crippen MR) is 92.7 cm³/mol. The van der Waals surface area contributed by atoms with Crippen LogP contribution >= 0.6 is 0 Å². The first-order chi connectivity index (χ1) is 11.7. The second-order valence-electron chi connectivity index (χ2n) is 6.67. The Morgan fingerprint density at radius 3 is 2.24 bits per heavy atom. The first kappa shape index (κ1) is 19.4. The number of carbonyl (C=O) groups is 2. The van der Waals surface area contributed by atoms with Gasteiger partial charge in [0.2, 0.25) is 10.0 Å². The summed E-state index contributed by atoms with van der Waals surface area (Å²) in [4.78, 5) is 25.2. The normalized spacial score (nSPS) is 16.2. The fourth-order valence-corrected chi connectivity index (χ4v) is 3.86. The molecule has 0 bridgehead atoms. The van der Waals surface area contributed by atoms with E-state index in [0.29, 0.717) is 38.0 Å². The lowest BCUT2D eigenvalue weighted by atomic mass is 9.96. The molecule has 0 atom stereocenters. The molecule has 1 heterocycles. The molecule has 138 valence electrons. The monoisotopic (exact) mass is 368 g/mol. The van der Waals surface area contributed by atoms with Gasteiger partial charge in [0, 0.05) is 25.2 Å². The molecule has 1 aromatic rings. The number of benzene rings is 1. The van der Waals surface area contributed by atoms with Crippen LogP contribution in [0.1, 0.15) is 37.0 Å². The highest BCUT2D eigenvalue weighted by Crippen LogP contribution is 2.20. The van der Waals surface area contributed by atoms with Gasteiger partial charge in [-0.2, -0.15) is 0 Å². The second kappa shape index (κ2) is 7.97. The van der Waals surface area contributed by atoms with Gasteiger partial charge >= 0.3 is 5.97 Å². The maximum atomic E-state index is 12.5. The van der Waals surface area contributed by atoms with Crippen molar-refractivity contribution in [2.75, 3.05) is 19.6 Å². The van der Waals surface area contributed by atoms with E-state index in [0.717, 1.165) is 0 Å². The Morgan fingerprint density at radius 2 is 1.76 bits per heavy atom. The molecule has 0 radical (unpaired) electrons. The fourth-order valence-electron chi connectivity index (χ4n) is 2.65. The third-order valence-electron chi connectivity index (χ3n) is 4.22. The zero-order valence-corrected chi connectivity index (χ0v) is 15.3. The van der Waals surface area contributed by atoms with Gasteiger partial charge in [-0.05, 0) is 43.0 Å². The minimum absolute atomic E-state index is 0.120. The Kier molecular flexibility index (Phi) is 6.18. The van der Waals surface area contributed by atoms with Crippen LogP contribution in [0.3, 0.4) is 0 Å². The molecule has 7 nitrogen and oxygen atoms in total. The third-order valence-corrected chi connectivity index (χ3v) is 5.66. The Balaban J connectivity index is 2.02. The molecule has 8 heteroatoms. The Bertz CT molecular complexity index is 720. The Morgan fingerprint density at radius 1 is 1.20 bits per heavy atom. The average molecular weight is 368 g/mol. The van der Waals surface area contributed by atoms with E-state index in [1.807, 2.05) is 13.8 Å². The number of sulfonamides is 1. The second-order valence-corrected chi connectivity index (χ2v) is 8.44. The molecular formula is C17H24N2O5S. The largest absolute Gasteiger partial charge is 0.481 e. The molecule has 1 amide bonds. The lowest BCUT2D eigenvalue weighted by molar-refractivity contribution is -0.143. The van der Waals surface area contributed by atoms with Gasteiger partial charge in [-0.3, -0.25) is 9.59 Å². The van der Waals surface area contributed by atoms with Crippen LogP contribution < -0.4 is 4.72 Å². The topological polar surface area (TPSA) is 104 Å². The molecule has 0 spiro atoms. The van der Waals surface area contributed by atoms with E-state index in [1.165, 1.54) is 24.3 Å². The number of hydrogen-bond donors (Lipinski definition) is 2. The number of amides is 1. The maximum Gasteiger partial charge on any atom is 0.306 e. The summed E-state index contributed by atoms with van der Waals surface area (Å²) in [6, 6.07) is 5.82. The van der Waals surface area contributed by atoms with E-state index < -0.39 is 21.9 Å². The zero-order chi connectivity index (χ0) is 18.6. The Labute approximate surface area is 148 Å². The van der Waals surface area contributed by atoms with Crippen LogP contribution in [0.25, 0.3) is 0 Å². The number of carboxylic acid groups (broad SMARTS) is 1. The van der Waals surface area contributed by atoms with Crippen molar-refractivity contribution in [1.82, 2.24) is 9.62 Å². The first-order valence-corrected chi connectivity index (χ1v) is 9.81. The van der Waals surface area contributed by atoms with E-state index in [4.69, 9.17) is 5.11 Å². The summed E-state index contributed by atoms with van der Waals surface area (Å²) in [7, 11) is -3.58. The van der Waals surface area contributed by atoms with Crippen LogP contribution in [0.15, 0.2) is 29.2 Å². The molecule has 1 aliphatic rings. The summed E-state index contributed by atoms with van der Waals surface area (Å²) in [6.45, 7) is 4.97. The fraction of sp³-hybridized carbons (Fsp3) is 0.529. The summed E-state index contributed by atoms with van der Waals surface area (Å²) < 4.78 is 26.8. The van der Waals surface area contributed by atoms with Crippen molar-refractivity contribution in [2.24, 2.45) is 11.8 Å². The SMILES string of the molecule is CC(C)CNS(=O)(=O)c1ccc(C(=O)N2CCC(C(=O)O)CC2)cc1. The van der Waals surface area contributed by atoms with Gasteiger partial charge in [0.05, 0.1) is 10.8 Å². The summed E-state index contributed by atoms with van der Waals surface area (Å²) >= 11 is 0. The molecule has 0 unspecified atom stereocenters. The number of likely N-dealkylation sites (tertiary alicyclic amines) is 1. The van der Waals surface area contributed by atoms with Gasteiger partial charge in [-0.25, -0.2) is 13.1 Å². The highest BCUT2D eigenvalue weighted by Gasteiger charge is 2.27. The Hall–Kier alpha value is -1.93. The smallest absolute Gasteiger partial charge is 0.306 e. The number of rotatable bonds is 6. The summed E-state index contributed by atoms with van der Waals surface area (Å²) in [6.07, 6.45) is 0.874. The molecule has 25 heavy (non-hydrogen) atoms. The summed E-state index contributed by atoms with van der Waals surface area (Å²) in [5, 5.41) is 9.00. The molecule has 1 aliphatic heterocycles. The van der Waals surface area contributed by atoms with Crippen molar-refractivity contribution in [1.29, 1.82) is 0 Å². The van der Waals surface area contributed by atoms with Crippen molar-refractivity contribution >= 4 is 21.9 Å². The van der Waals surface area contributed by atoms with Crippen LogP contribution in [-0.4, -0.2) is 49.9 Å². The number of carboxylic acids is 1. The van der Waals surface area contributed by atoms with Crippen LogP contribution in [0.2, 0.25) is 0 Å². The van der Waals surface area contributed by atoms with Crippen molar-refractivity contribution in [3.8, 4) is 0 Å². The molecule has 1 fully saturated rings. The van der Waals surface area contributed by atoms with E-state index in [9.17, 15) is 18.0 Å². The van der Waals surface area contributed by atoms with E-state index in [2.05, 4.69) is 4.72 Å². The number of carbonyl (C=O) groups excluding carboxylic acids is 1. The van der Waals surface area contributed by atoms with Crippen molar-refractivity contribution < 1.29 is 23.1 Å². The van der Waals surface area contributed by atoms with Crippen LogP contribution in [-0.2, 0) is 14.8 Å². The minimum Gasteiger partial charge on any atom is -0.481 e. The molecule has 0 saturated carbocycles. The van der Waals surface area contributed by atoms with E-state index in [1.54, 1.807) is 4.90 Å². The molecule has 0 aromatic heterocycles. The molecule has 2 N–H and O–H groups in total. The van der Waals surface area contributed by atoms with Crippen molar-refractivity contribution in [3.63, 3.8) is 0 Å². The summed E-state index contributed by atoms with van der Waals surface area (Å²) in [5.41, 5.74) is 0.400. The molecule has 0 aliphatic carbocycles. The van der Waals surface area contributed by atoms with Crippen molar-refractivity contribution in [3.05, 3.63) is 29.8 Å². The number of nitrogens with one attached hydrogen (secondary N) is 1. The first-order valence-electron chi connectivity index (χ1n) is 8.32. The van der Waals surface area contributed by atoms with Crippen molar-refractivity contribution in [2.45, 2.75) is 31.6 Å². The number of piperidine rings is 1. The summed E-state index contributed by atoms with van der Waals surface area (Å²) in [5.74, 6) is -1.23. The van der Waals surface area contributed by atoms with Gasteiger partial charge in [0.25, 0.3) is 5.91 Å². The van der Waals surface area contributed by atoms with Gasteiger partial charge in [0.15, 0.2) is 0 Å². The van der Waals surface area contributed by atoms with Crippen LogP contribution in [0, 0.1) is 11.8 Å². The van der Waals surface area contributed by atoms with Crippen LogP contribution in [0.5, 0.6) is 0 Å². The predicted octanol–water partition coefficient (Wildman–Crippen LogP) is 1.56.